The van der Waals surface area contributed by atoms with Gasteiger partial charge in [-0.15, -0.1) is 0 Å². The highest BCUT2D eigenvalue weighted by molar-refractivity contribution is 6.31. The molecule has 2 heterocycles. The number of hydrogen-bond acceptors (Lipinski definition) is 0. The van der Waals surface area contributed by atoms with Gasteiger partial charge in [0, 0.05) is 39.0 Å². The smallest absolute Gasteiger partial charge is 0.175 e. The lowest BCUT2D eigenvalue weighted by molar-refractivity contribution is -0.688. The lowest BCUT2D eigenvalue weighted by Gasteiger charge is -2.07. The van der Waals surface area contributed by atoms with Crippen LogP contribution in [-0.2, 0) is 13.1 Å². The van der Waals surface area contributed by atoms with Crippen molar-refractivity contribution in [2.45, 2.75) is 13.1 Å². The van der Waals surface area contributed by atoms with Crippen molar-refractivity contribution >= 4 is 33.4 Å². The summed E-state index contributed by atoms with van der Waals surface area (Å²) in [5.74, 6) is 0. The third-order valence-electron chi connectivity index (χ3n) is 5.25. The molecule has 0 amide bonds. The Hall–Kier alpha value is -2.81. The molecule has 0 saturated carbocycles. The molecule has 0 bridgehead atoms. The normalized spacial score (nSPS) is 10.9. The molecule has 2 nitrogen and oxygen atoms in total. The highest BCUT2D eigenvalue weighted by Gasteiger charge is 2.12. The molecule has 2 aromatic heterocycles. The molecule has 0 radical (unpaired) electrons. The number of rotatable bonds is 4. The van der Waals surface area contributed by atoms with Crippen LogP contribution in [0.3, 0.4) is 0 Å². The van der Waals surface area contributed by atoms with E-state index in [0.29, 0.717) is 0 Å². The molecule has 0 spiro atoms. The molecule has 5 aromatic rings. The Morgan fingerprint density at radius 3 is 2.03 bits per heavy atom. The van der Waals surface area contributed by atoms with Crippen LogP contribution in [-0.4, -0.2) is 4.57 Å². The van der Waals surface area contributed by atoms with Crippen LogP contribution in [0.15, 0.2) is 97.3 Å². The molecule has 0 saturated heterocycles. The van der Waals surface area contributed by atoms with Crippen LogP contribution >= 0.6 is 11.6 Å². The average molecular weight is 419 g/mol. The van der Waals surface area contributed by atoms with Crippen molar-refractivity contribution in [3.05, 3.63) is 113 Å². The van der Waals surface area contributed by atoms with Gasteiger partial charge in [-0.3, -0.25) is 0 Å². The van der Waals surface area contributed by atoms with Crippen LogP contribution in [0.2, 0.25) is 5.02 Å². The van der Waals surface area contributed by atoms with Gasteiger partial charge in [0.1, 0.15) is 0 Å². The van der Waals surface area contributed by atoms with E-state index in [1.165, 1.54) is 27.4 Å². The second-order valence-electron chi connectivity index (χ2n) is 7.10. The number of nitrogens with zero attached hydrogens (tertiary/aromatic N) is 2. The van der Waals surface area contributed by atoms with Crippen molar-refractivity contribution in [1.82, 2.24) is 4.57 Å². The molecule has 0 N–H and O–H groups in total. The van der Waals surface area contributed by atoms with Crippen molar-refractivity contribution in [2.24, 2.45) is 0 Å². The van der Waals surface area contributed by atoms with Crippen LogP contribution < -0.4 is 17.0 Å². The average Bonchev–Trinajstić information content (AvgIpc) is 3.04. The van der Waals surface area contributed by atoms with Crippen molar-refractivity contribution in [3.63, 3.8) is 0 Å². The third kappa shape index (κ3) is 3.74. The van der Waals surface area contributed by atoms with Gasteiger partial charge >= 0.3 is 0 Å². The fraction of sp³-hybridized carbons (Fsp3) is 0.0800. The first-order valence-electron chi connectivity index (χ1n) is 9.47. The predicted octanol–water partition coefficient (Wildman–Crippen LogP) is 2.84. The molecule has 4 heteroatoms. The molecule has 0 aliphatic heterocycles. The van der Waals surface area contributed by atoms with E-state index >= 15 is 0 Å². The molecule has 3 aromatic carbocycles. The molecule has 0 fully saturated rings. The third-order valence-corrected chi connectivity index (χ3v) is 5.62. The number of halogens is 2. The number of para-hydroxylation sites is 2. The van der Waals surface area contributed by atoms with Crippen molar-refractivity contribution in [3.8, 4) is 0 Å². The molecule has 0 aliphatic carbocycles. The summed E-state index contributed by atoms with van der Waals surface area (Å²) in [7, 11) is 0. The maximum Gasteiger partial charge on any atom is 0.175 e. The zero-order valence-electron chi connectivity index (χ0n) is 15.8. The summed E-state index contributed by atoms with van der Waals surface area (Å²) in [4.78, 5) is 0. The summed E-state index contributed by atoms with van der Waals surface area (Å²) in [5, 5.41) is 3.42. The van der Waals surface area contributed by atoms with Gasteiger partial charge in [-0.25, -0.2) is 4.57 Å². The fourth-order valence-corrected chi connectivity index (χ4v) is 4.14. The van der Waals surface area contributed by atoms with Crippen LogP contribution in [0.4, 0.5) is 0 Å². The minimum atomic E-state index is 0. The highest BCUT2D eigenvalue weighted by atomic mass is 35.5. The van der Waals surface area contributed by atoms with Crippen molar-refractivity contribution in [1.29, 1.82) is 0 Å². The van der Waals surface area contributed by atoms with Gasteiger partial charge in [-0.2, -0.15) is 0 Å². The summed E-state index contributed by atoms with van der Waals surface area (Å²) >= 11 is 6.34. The van der Waals surface area contributed by atoms with E-state index in [9.17, 15) is 0 Å². The largest absolute Gasteiger partial charge is 1.00 e. The van der Waals surface area contributed by atoms with Crippen LogP contribution in [0.1, 0.15) is 11.1 Å². The monoisotopic (exact) mass is 418 g/mol. The lowest BCUT2D eigenvalue weighted by atomic mass is 10.2. The minimum Gasteiger partial charge on any atom is -1.00 e. The van der Waals surface area contributed by atoms with E-state index in [-0.39, 0.29) is 12.4 Å². The Morgan fingerprint density at radius 2 is 1.34 bits per heavy atom. The lowest BCUT2D eigenvalue weighted by Crippen LogP contribution is -3.00. The second kappa shape index (κ2) is 8.28. The maximum atomic E-state index is 6.34. The SMILES string of the molecule is Clc1ccccc1C[n+]1cccc(Cn2c3ccccc3c3ccccc32)c1.[Cl-]. The molecular weight excluding hydrogens is 399 g/mol. The quantitative estimate of drug-likeness (QED) is 0.396. The fourth-order valence-electron chi connectivity index (χ4n) is 3.95. The van der Waals surface area contributed by atoms with E-state index in [1.54, 1.807) is 0 Å². The standard InChI is InChI=1S/C25H20ClN2.ClH/c26-23-12-4-1-9-20(23)18-27-15-7-8-19(16-27)17-28-24-13-5-2-10-21(24)22-11-3-6-14-25(22)28;/h1-16H,17-18H2;1H/q+1;/p-1. The summed E-state index contributed by atoms with van der Waals surface area (Å²) in [5.41, 5.74) is 4.93. The van der Waals surface area contributed by atoms with Gasteiger partial charge in [0.25, 0.3) is 0 Å². The van der Waals surface area contributed by atoms with Gasteiger partial charge in [-0.1, -0.05) is 66.2 Å². The molecule has 0 unspecified atom stereocenters. The Labute approximate surface area is 181 Å². The topological polar surface area (TPSA) is 8.81 Å². The molecule has 5 rings (SSSR count). The van der Waals surface area contributed by atoms with Gasteiger partial charge < -0.3 is 17.0 Å². The molecular formula is C25H20Cl2N2. The van der Waals surface area contributed by atoms with E-state index in [4.69, 9.17) is 11.6 Å². The number of fused-ring (bicyclic) bond motifs is 3. The second-order valence-corrected chi connectivity index (χ2v) is 7.50. The maximum absolute atomic E-state index is 6.34. The van der Waals surface area contributed by atoms with E-state index in [0.717, 1.165) is 23.7 Å². The summed E-state index contributed by atoms with van der Waals surface area (Å²) < 4.78 is 4.60. The zero-order valence-corrected chi connectivity index (χ0v) is 17.3. The Balaban J connectivity index is 0.00000205. The van der Waals surface area contributed by atoms with Gasteiger partial charge in [0.2, 0.25) is 0 Å². The van der Waals surface area contributed by atoms with E-state index < -0.39 is 0 Å². The van der Waals surface area contributed by atoms with Crippen LogP contribution in [0, 0.1) is 0 Å². The first kappa shape index (κ1) is 19.5. The highest BCUT2D eigenvalue weighted by Crippen LogP contribution is 2.29. The first-order valence-corrected chi connectivity index (χ1v) is 9.85. The number of benzene rings is 3. The van der Waals surface area contributed by atoms with E-state index in [2.05, 4.69) is 88.3 Å². The zero-order chi connectivity index (χ0) is 18.9. The predicted molar refractivity (Wildman–Crippen MR) is 116 cm³/mol. The molecule has 0 atom stereocenters. The molecule has 29 heavy (non-hydrogen) atoms. The first-order chi connectivity index (χ1) is 13.8. The molecule has 144 valence electrons. The Bertz CT molecular complexity index is 1240. The van der Waals surface area contributed by atoms with E-state index in [1.807, 2.05) is 18.2 Å². The Morgan fingerprint density at radius 1 is 0.724 bits per heavy atom. The number of pyridine rings is 1. The van der Waals surface area contributed by atoms with Gasteiger partial charge in [0.05, 0.1) is 11.6 Å². The van der Waals surface area contributed by atoms with Crippen LogP contribution in [0.25, 0.3) is 21.8 Å². The number of aromatic nitrogens is 2. The summed E-state index contributed by atoms with van der Waals surface area (Å²) in [6, 6.07) is 29.6. The number of hydrogen-bond donors (Lipinski definition) is 0. The summed E-state index contributed by atoms with van der Waals surface area (Å²) in [6.07, 6.45) is 4.31. The Kier molecular flexibility index (Phi) is 5.57. The minimum absolute atomic E-state index is 0. The van der Waals surface area contributed by atoms with Crippen LogP contribution in [0.5, 0.6) is 0 Å². The van der Waals surface area contributed by atoms with Gasteiger partial charge in [0.15, 0.2) is 18.9 Å². The van der Waals surface area contributed by atoms with Gasteiger partial charge in [-0.05, 0) is 24.3 Å². The molecule has 0 aliphatic rings. The summed E-state index contributed by atoms with van der Waals surface area (Å²) in [6.45, 7) is 1.60. The van der Waals surface area contributed by atoms with Crippen molar-refractivity contribution in [2.75, 3.05) is 0 Å². The van der Waals surface area contributed by atoms with Crippen molar-refractivity contribution < 1.29 is 17.0 Å².